The minimum absolute atomic E-state index is 0.291. The predicted octanol–water partition coefficient (Wildman–Crippen LogP) is 0.00972. The summed E-state index contributed by atoms with van der Waals surface area (Å²) in [6.07, 6.45) is 0.793. The van der Waals surface area contributed by atoms with Crippen LogP contribution in [0.15, 0.2) is 4.90 Å². The van der Waals surface area contributed by atoms with E-state index < -0.39 is 10.0 Å². The summed E-state index contributed by atoms with van der Waals surface area (Å²) in [6, 6.07) is 0. The van der Waals surface area contributed by atoms with Gasteiger partial charge in [-0.05, 0) is 41.0 Å². The predicted molar refractivity (Wildman–Crippen MR) is 79.1 cm³/mol. The molecule has 0 aliphatic carbocycles. The van der Waals surface area contributed by atoms with Crippen molar-refractivity contribution in [1.29, 1.82) is 0 Å². The number of aryl methyl sites for hydroxylation is 1. The molecule has 0 aliphatic rings. The summed E-state index contributed by atoms with van der Waals surface area (Å²) in [7, 11) is 3.82. The Balaban J connectivity index is 2.90. The van der Waals surface area contributed by atoms with Crippen LogP contribution in [0.25, 0.3) is 0 Å². The second-order valence-corrected chi connectivity index (χ2v) is 7.12. The van der Waals surface area contributed by atoms with Gasteiger partial charge in [0, 0.05) is 20.1 Å². The molecule has 7 nitrogen and oxygen atoms in total. The van der Waals surface area contributed by atoms with E-state index in [4.69, 9.17) is 0 Å². The Kier molecular flexibility index (Phi) is 6.12. The molecule has 1 aromatic heterocycles. The van der Waals surface area contributed by atoms with E-state index >= 15 is 0 Å². The fourth-order valence-electron chi connectivity index (χ4n) is 1.98. The Morgan fingerprint density at radius 1 is 1.25 bits per heavy atom. The Labute approximate surface area is 121 Å². The molecule has 0 bridgehead atoms. The Morgan fingerprint density at radius 3 is 2.45 bits per heavy atom. The molecule has 1 heterocycles. The molecule has 1 rings (SSSR count). The number of aromatic nitrogens is 2. The highest BCUT2D eigenvalue weighted by Crippen LogP contribution is 2.21. The average Bonchev–Trinajstić information content (AvgIpc) is 2.71. The summed E-state index contributed by atoms with van der Waals surface area (Å²) in [5.41, 5.74) is 1.11. The molecule has 2 N–H and O–H groups in total. The van der Waals surface area contributed by atoms with Crippen LogP contribution < -0.4 is 5.32 Å². The molecule has 0 saturated heterocycles. The molecule has 0 atom stereocenters. The Morgan fingerprint density at radius 2 is 1.90 bits per heavy atom. The number of nitrogens with one attached hydrogen (secondary N) is 2. The molecule has 0 fully saturated rings. The lowest BCUT2D eigenvalue weighted by molar-refractivity contribution is 0.370. The smallest absolute Gasteiger partial charge is 0.246 e. The van der Waals surface area contributed by atoms with E-state index in [1.54, 1.807) is 21.0 Å². The zero-order chi connectivity index (χ0) is 15.3. The van der Waals surface area contributed by atoms with Gasteiger partial charge in [0.2, 0.25) is 10.0 Å². The van der Waals surface area contributed by atoms with Crippen LogP contribution in [0.4, 0.5) is 0 Å². The SMILES string of the molecule is CNCc1n[nH]c(C)c1S(=O)(=O)N(C)CCCN(C)C. The molecule has 8 heteroatoms. The summed E-state index contributed by atoms with van der Waals surface area (Å²) in [6.45, 7) is 3.49. The maximum Gasteiger partial charge on any atom is 0.246 e. The second-order valence-electron chi connectivity index (χ2n) is 5.14. The van der Waals surface area contributed by atoms with Gasteiger partial charge >= 0.3 is 0 Å². The molecule has 0 aromatic carbocycles. The lowest BCUT2D eigenvalue weighted by Gasteiger charge is -2.19. The first-order chi connectivity index (χ1) is 9.30. The fraction of sp³-hybridized carbons (Fsp3) is 0.750. The lowest BCUT2D eigenvalue weighted by atomic mass is 10.4. The van der Waals surface area contributed by atoms with E-state index in [0.717, 1.165) is 13.0 Å². The lowest BCUT2D eigenvalue weighted by Crippen LogP contribution is -2.31. The highest BCUT2D eigenvalue weighted by Gasteiger charge is 2.27. The van der Waals surface area contributed by atoms with Crippen molar-refractivity contribution in [3.05, 3.63) is 11.4 Å². The third-order valence-corrected chi connectivity index (χ3v) is 5.11. The van der Waals surface area contributed by atoms with Crippen LogP contribution in [0.3, 0.4) is 0 Å². The van der Waals surface area contributed by atoms with Gasteiger partial charge in [-0.15, -0.1) is 0 Å². The standard InChI is InChI=1S/C12H25N5O2S/c1-10-12(11(9-13-2)15-14-10)20(18,19)17(5)8-6-7-16(3)4/h13H,6-9H2,1-5H3,(H,14,15). The van der Waals surface area contributed by atoms with E-state index in [9.17, 15) is 8.42 Å². The van der Waals surface area contributed by atoms with Crippen molar-refractivity contribution in [3.63, 3.8) is 0 Å². The van der Waals surface area contributed by atoms with Gasteiger partial charge < -0.3 is 10.2 Å². The average molecular weight is 303 g/mol. The van der Waals surface area contributed by atoms with Crippen LogP contribution in [0, 0.1) is 6.92 Å². The number of nitrogens with zero attached hydrogens (tertiary/aromatic N) is 3. The van der Waals surface area contributed by atoms with Crippen molar-refractivity contribution in [2.45, 2.75) is 24.8 Å². The molecule has 20 heavy (non-hydrogen) atoms. The van der Waals surface area contributed by atoms with Gasteiger partial charge in [-0.2, -0.15) is 5.10 Å². The first-order valence-electron chi connectivity index (χ1n) is 6.60. The molecule has 0 amide bonds. The van der Waals surface area contributed by atoms with E-state index in [-0.39, 0.29) is 0 Å². The van der Waals surface area contributed by atoms with E-state index in [1.807, 2.05) is 19.0 Å². The van der Waals surface area contributed by atoms with Gasteiger partial charge in [0.25, 0.3) is 0 Å². The number of hydrogen-bond donors (Lipinski definition) is 2. The molecule has 0 saturated carbocycles. The first kappa shape index (κ1) is 17.1. The molecule has 0 unspecified atom stereocenters. The van der Waals surface area contributed by atoms with Gasteiger partial charge in [0.1, 0.15) is 4.90 Å². The van der Waals surface area contributed by atoms with Gasteiger partial charge in [-0.25, -0.2) is 12.7 Å². The molecule has 0 aliphatic heterocycles. The molecule has 0 radical (unpaired) electrons. The summed E-state index contributed by atoms with van der Waals surface area (Å²) in [5, 5.41) is 9.75. The second kappa shape index (κ2) is 7.16. The quantitative estimate of drug-likeness (QED) is 0.707. The fourth-order valence-corrected chi connectivity index (χ4v) is 3.51. The number of sulfonamides is 1. The molecule has 0 spiro atoms. The zero-order valence-corrected chi connectivity index (χ0v) is 13.7. The van der Waals surface area contributed by atoms with Crippen LogP contribution in [-0.2, 0) is 16.6 Å². The molecular formula is C12H25N5O2S. The van der Waals surface area contributed by atoms with Crippen molar-refractivity contribution in [2.75, 3.05) is 41.3 Å². The monoisotopic (exact) mass is 303 g/mol. The number of aromatic amines is 1. The number of rotatable bonds is 8. The van der Waals surface area contributed by atoms with Gasteiger partial charge in [0.15, 0.2) is 0 Å². The maximum absolute atomic E-state index is 12.6. The Hall–Kier alpha value is -0.960. The normalized spacial score (nSPS) is 12.6. The highest BCUT2D eigenvalue weighted by atomic mass is 32.2. The summed E-state index contributed by atoms with van der Waals surface area (Å²) >= 11 is 0. The third-order valence-electron chi connectivity index (χ3n) is 3.05. The summed E-state index contributed by atoms with van der Waals surface area (Å²) in [4.78, 5) is 2.33. The molecular weight excluding hydrogens is 278 g/mol. The van der Waals surface area contributed by atoms with Crippen molar-refractivity contribution in [1.82, 2.24) is 24.7 Å². The first-order valence-corrected chi connectivity index (χ1v) is 8.04. The van der Waals surface area contributed by atoms with Crippen LogP contribution >= 0.6 is 0 Å². The van der Waals surface area contributed by atoms with Crippen LogP contribution in [0.1, 0.15) is 17.8 Å². The minimum atomic E-state index is -3.50. The van der Waals surface area contributed by atoms with Crippen LogP contribution in [-0.4, -0.2) is 69.1 Å². The summed E-state index contributed by atoms with van der Waals surface area (Å²) < 4.78 is 26.6. The van der Waals surface area contributed by atoms with E-state index in [1.165, 1.54) is 4.31 Å². The van der Waals surface area contributed by atoms with E-state index in [0.29, 0.717) is 29.4 Å². The maximum atomic E-state index is 12.6. The van der Waals surface area contributed by atoms with Crippen LogP contribution in [0.5, 0.6) is 0 Å². The van der Waals surface area contributed by atoms with Crippen molar-refractivity contribution in [3.8, 4) is 0 Å². The van der Waals surface area contributed by atoms with Gasteiger partial charge in [-0.1, -0.05) is 0 Å². The molecule has 116 valence electrons. The summed E-state index contributed by atoms with van der Waals surface area (Å²) in [5.74, 6) is 0. The Bertz CT molecular complexity index is 524. The van der Waals surface area contributed by atoms with Gasteiger partial charge in [-0.3, -0.25) is 5.10 Å². The van der Waals surface area contributed by atoms with E-state index in [2.05, 4.69) is 15.5 Å². The topological polar surface area (TPSA) is 81.3 Å². The minimum Gasteiger partial charge on any atom is -0.314 e. The zero-order valence-electron chi connectivity index (χ0n) is 12.9. The molecule has 1 aromatic rings. The van der Waals surface area contributed by atoms with Crippen molar-refractivity contribution in [2.24, 2.45) is 0 Å². The van der Waals surface area contributed by atoms with Crippen molar-refractivity contribution < 1.29 is 8.42 Å². The van der Waals surface area contributed by atoms with Crippen molar-refractivity contribution >= 4 is 10.0 Å². The largest absolute Gasteiger partial charge is 0.314 e. The van der Waals surface area contributed by atoms with Crippen LogP contribution in [0.2, 0.25) is 0 Å². The third kappa shape index (κ3) is 4.02. The van der Waals surface area contributed by atoms with Gasteiger partial charge in [0.05, 0.1) is 11.4 Å². The number of H-pyrrole nitrogens is 1. The highest BCUT2D eigenvalue weighted by molar-refractivity contribution is 7.89. The number of hydrogen-bond acceptors (Lipinski definition) is 5.